The number of nitrogen functional groups attached to an aromatic ring is 1. The van der Waals surface area contributed by atoms with Crippen LogP contribution in [0.5, 0.6) is 0 Å². The first-order chi connectivity index (χ1) is 16.2. The van der Waals surface area contributed by atoms with E-state index >= 15 is 0 Å². The number of aromatic nitrogens is 4. The maximum atomic E-state index is 14.3. The van der Waals surface area contributed by atoms with Gasteiger partial charge in [0.2, 0.25) is 0 Å². The molecule has 0 saturated carbocycles. The van der Waals surface area contributed by atoms with Crippen LogP contribution in [-0.4, -0.2) is 31.8 Å². The normalized spacial score (nSPS) is 11.2. The van der Waals surface area contributed by atoms with Gasteiger partial charge in [0.05, 0.1) is 17.5 Å². The van der Waals surface area contributed by atoms with Gasteiger partial charge >= 0.3 is 5.69 Å². The van der Waals surface area contributed by atoms with Crippen LogP contribution in [-0.2, 0) is 6.54 Å². The van der Waals surface area contributed by atoms with Crippen molar-refractivity contribution in [1.29, 1.82) is 0 Å². The quantitative estimate of drug-likeness (QED) is 0.498. The molecule has 2 aromatic heterocycles. The molecule has 9 nitrogen and oxygen atoms in total. The van der Waals surface area contributed by atoms with E-state index in [0.717, 1.165) is 6.42 Å². The van der Waals surface area contributed by atoms with Crippen LogP contribution in [0.3, 0.4) is 0 Å². The first-order valence-electron chi connectivity index (χ1n) is 11.4. The molecule has 1 amide bonds. The van der Waals surface area contributed by atoms with Crippen molar-refractivity contribution in [3.63, 3.8) is 0 Å². The van der Waals surface area contributed by atoms with Crippen LogP contribution >= 0.6 is 0 Å². The Labute approximate surface area is 197 Å². The lowest BCUT2D eigenvalue weighted by Gasteiger charge is -2.25. The molecule has 3 rings (SSSR count). The lowest BCUT2D eigenvalue weighted by molar-refractivity contribution is 0.0985. The average molecular weight is 471 g/mol. The molecule has 0 unspecified atom stereocenters. The minimum absolute atomic E-state index is 0.0570. The van der Waals surface area contributed by atoms with E-state index in [2.05, 4.69) is 10.1 Å². The van der Waals surface area contributed by atoms with Gasteiger partial charge in [-0.15, -0.1) is 0 Å². The number of hydrogen-bond acceptors (Lipinski definition) is 5. The van der Waals surface area contributed by atoms with E-state index in [1.54, 1.807) is 25.1 Å². The number of carbonyl (C=O) groups is 1. The molecule has 0 aliphatic heterocycles. The molecule has 3 aromatic rings. The number of para-hydroxylation sites is 1. The number of nitrogens with zero attached hydrogens (tertiary/aromatic N) is 4. The average Bonchev–Trinajstić information content (AvgIpc) is 3.16. The number of nitrogens with one attached hydrogen (secondary N) is 1. The van der Waals surface area contributed by atoms with Crippen LogP contribution in [0.2, 0.25) is 0 Å². The predicted octanol–water partition coefficient (Wildman–Crippen LogP) is 3.25. The zero-order valence-corrected chi connectivity index (χ0v) is 20.0. The van der Waals surface area contributed by atoms with Crippen molar-refractivity contribution in [2.24, 2.45) is 5.92 Å². The number of unbranched alkanes of at least 4 members (excludes halogenated alkanes) is 1. The van der Waals surface area contributed by atoms with Crippen molar-refractivity contribution >= 4 is 17.4 Å². The van der Waals surface area contributed by atoms with E-state index < -0.39 is 23.0 Å². The van der Waals surface area contributed by atoms with E-state index in [9.17, 15) is 18.8 Å². The van der Waals surface area contributed by atoms with Gasteiger partial charge in [-0.25, -0.2) is 13.9 Å². The Morgan fingerprint density at radius 3 is 2.62 bits per heavy atom. The molecule has 2 heterocycles. The lowest BCUT2D eigenvalue weighted by atomic mass is 10.1. The smallest absolute Gasteiger partial charge is 0.330 e. The van der Waals surface area contributed by atoms with Gasteiger partial charge in [-0.3, -0.25) is 19.1 Å². The number of halogens is 1. The number of H-pyrrole nitrogens is 1. The van der Waals surface area contributed by atoms with Crippen molar-refractivity contribution in [1.82, 2.24) is 19.3 Å². The van der Waals surface area contributed by atoms with E-state index in [1.165, 1.54) is 26.4 Å². The number of amides is 1. The molecule has 10 heteroatoms. The van der Waals surface area contributed by atoms with Gasteiger partial charge in [0.15, 0.2) is 5.69 Å². The van der Waals surface area contributed by atoms with Crippen molar-refractivity contribution in [3.05, 3.63) is 68.4 Å². The van der Waals surface area contributed by atoms with Crippen LogP contribution < -0.4 is 21.9 Å². The van der Waals surface area contributed by atoms with Gasteiger partial charge in [-0.2, -0.15) is 5.10 Å². The van der Waals surface area contributed by atoms with Gasteiger partial charge in [-0.1, -0.05) is 39.3 Å². The maximum absolute atomic E-state index is 14.3. The van der Waals surface area contributed by atoms with Crippen LogP contribution in [0.25, 0.3) is 5.69 Å². The molecule has 3 N–H and O–H groups in total. The SMILES string of the molecule is CCCCn1c(N)c(N(CCC(C)C)C(=O)c2cnn(-c3ccccc3F)c2C)c(=O)[nH]c1=O. The number of nitrogens with two attached hydrogens (primary N) is 1. The minimum Gasteiger partial charge on any atom is -0.383 e. The van der Waals surface area contributed by atoms with Crippen LogP contribution in [0.4, 0.5) is 15.9 Å². The molecule has 0 radical (unpaired) electrons. The van der Waals surface area contributed by atoms with E-state index in [0.29, 0.717) is 25.1 Å². The highest BCUT2D eigenvalue weighted by atomic mass is 19.1. The Bertz CT molecular complexity index is 1290. The third-order valence-corrected chi connectivity index (χ3v) is 5.72. The molecular formula is C24H31FN6O3. The molecule has 0 bridgehead atoms. The van der Waals surface area contributed by atoms with E-state index in [4.69, 9.17) is 5.73 Å². The summed E-state index contributed by atoms with van der Waals surface area (Å²) in [4.78, 5) is 42.5. The summed E-state index contributed by atoms with van der Waals surface area (Å²) in [5.74, 6) is -0.797. The summed E-state index contributed by atoms with van der Waals surface area (Å²) < 4.78 is 17.0. The van der Waals surface area contributed by atoms with Gasteiger partial charge in [0.1, 0.15) is 17.3 Å². The highest BCUT2D eigenvalue weighted by molar-refractivity contribution is 6.07. The molecule has 0 fully saturated rings. The molecule has 34 heavy (non-hydrogen) atoms. The zero-order valence-electron chi connectivity index (χ0n) is 20.0. The molecule has 0 saturated heterocycles. The second kappa shape index (κ2) is 10.5. The number of hydrogen-bond donors (Lipinski definition) is 2. The third kappa shape index (κ3) is 4.95. The fraction of sp³-hybridized carbons (Fsp3) is 0.417. The van der Waals surface area contributed by atoms with E-state index in [1.807, 2.05) is 20.8 Å². The van der Waals surface area contributed by atoms with Gasteiger partial charge in [0, 0.05) is 13.1 Å². The van der Waals surface area contributed by atoms with Crippen molar-refractivity contribution < 1.29 is 9.18 Å². The summed E-state index contributed by atoms with van der Waals surface area (Å²) in [6.45, 7) is 8.16. The molecule has 0 aliphatic carbocycles. The molecule has 0 aliphatic rings. The van der Waals surface area contributed by atoms with Gasteiger partial charge in [-0.05, 0) is 37.8 Å². The number of benzene rings is 1. The fourth-order valence-electron chi connectivity index (χ4n) is 3.71. The Kier molecular flexibility index (Phi) is 7.70. The molecule has 182 valence electrons. The number of rotatable bonds is 9. The Morgan fingerprint density at radius 2 is 1.97 bits per heavy atom. The molecule has 0 spiro atoms. The third-order valence-electron chi connectivity index (χ3n) is 5.72. The van der Waals surface area contributed by atoms with E-state index in [-0.39, 0.29) is 35.2 Å². The Hall–Kier alpha value is -3.69. The summed E-state index contributed by atoms with van der Waals surface area (Å²) in [6, 6.07) is 6.12. The molecule has 0 atom stereocenters. The van der Waals surface area contributed by atoms with Crippen molar-refractivity contribution in [2.45, 2.75) is 53.5 Å². The Balaban J connectivity index is 2.12. The zero-order chi connectivity index (χ0) is 25.0. The van der Waals surface area contributed by atoms with Gasteiger partial charge < -0.3 is 10.6 Å². The number of anilines is 2. The van der Waals surface area contributed by atoms with Crippen LogP contribution in [0.15, 0.2) is 40.1 Å². The Morgan fingerprint density at radius 1 is 1.26 bits per heavy atom. The van der Waals surface area contributed by atoms with Gasteiger partial charge in [0.25, 0.3) is 11.5 Å². The maximum Gasteiger partial charge on any atom is 0.330 e. The highest BCUT2D eigenvalue weighted by Gasteiger charge is 2.28. The number of aromatic amines is 1. The summed E-state index contributed by atoms with van der Waals surface area (Å²) in [5, 5.41) is 4.21. The van der Waals surface area contributed by atoms with Crippen LogP contribution in [0.1, 0.15) is 56.1 Å². The summed E-state index contributed by atoms with van der Waals surface area (Å²) in [7, 11) is 0. The highest BCUT2D eigenvalue weighted by Crippen LogP contribution is 2.24. The second-order valence-electron chi connectivity index (χ2n) is 8.64. The summed E-state index contributed by atoms with van der Waals surface area (Å²) in [5.41, 5.74) is 5.70. The summed E-state index contributed by atoms with van der Waals surface area (Å²) in [6.07, 6.45) is 3.46. The van der Waals surface area contributed by atoms with Crippen molar-refractivity contribution in [2.75, 3.05) is 17.2 Å². The largest absolute Gasteiger partial charge is 0.383 e. The monoisotopic (exact) mass is 470 g/mol. The molecule has 1 aromatic carbocycles. The summed E-state index contributed by atoms with van der Waals surface area (Å²) >= 11 is 0. The topological polar surface area (TPSA) is 119 Å². The fourth-order valence-corrected chi connectivity index (χ4v) is 3.71. The lowest BCUT2D eigenvalue weighted by Crippen LogP contribution is -2.42. The standard InChI is InChI=1S/C24H31FN6O3/c1-5-6-12-30-21(26)20(22(32)28-24(30)34)29(13-11-15(2)3)23(33)17-14-27-31(16(17)4)19-10-8-7-9-18(19)25/h7-10,14-15H,5-6,11-13,26H2,1-4H3,(H,28,32,34). The van der Waals surface area contributed by atoms with Crippen LogP contribution in [0, 0.1) is 18.7 Å². The predicted molar refractivity (Wildman–Crippen MR) is 130 cm³/mol. The number of carbonyl (C=O) groups excluding carboxylic acids is 1. The first-order valence-corrected chi connectivity index (χ1v) is 11.4. The minimum atomic E-state index is -0.730. The first kappa shape index (κ1) is 24.9. The second-order valence-corrected chi connectivity index (χ2v) is 8.64. The molecular weight excluding hydrogens is 439 g/mol. The van der Waals surface area contributed by atoms with Crippen molar-refractivity contribution in [3.8, 4) is 5.69 Å².